The molecule has 0 spiro atoms. The second-order valence-corrected chi connectivity index (χ2v) is 9.19. The zero-order chi connectivity index (χ0) is 19.6. The molecule has 1 heterocycles. The smallest absolute Gasteiger partial charge is 0.245 e. The third kappa shape index (κ3) is 6.52. The van der Waals surface area contributed by atoms with Gasteiger partial charge in [-0.15, -0.1) is 0 Å². The molecule has 0 aliphatic rings. The number of nitrogens with one attached hydrogen (secondary N) is 1. The summed E-state index contributed by atoms with van der Waals surface area (Å²) < 4.78 is 1.66. The van der Waals surface area contributed by atoms with E-state index in [1.807, 2.05) is 40.7 Å². The van der Waals surface area contributed by atoms with Crippen molar-refractivity contribution in [2.24, 2.45) is 12.5 Å². The third-order valence-corrected chi connectivity index (χ3v) is 3.85. The van der Waals surface area contributed by atoms with Crippen LogP contribution in [0.15, 0.2) is 6.07 Å². The number of amides is 2. The predicted molar refractivity (Wildman–Crippen MR) is 101 cm³/mol. The van der Waals surface area contributed by atoms with E-state index in [4.69, 9.17) is 0 Å². The molecule has 0 atom stereocenters. The first-order valence-electron chi connectivity index (χ1n) is 8.84. The van der Waals surface area contributed by atoms with Gasteiger partial charge in [-0.1, -0.05) is 41.5 Å². The third-order valence-electron chi connectivity index (χ3n) is 3.85. The molecule has 0 radical (unpaired) electrons. The monoisotopic (exact) mass is 350 g/mol. The molecule has 6 heteroatoms. The maximum Gasteiger partial charge on any atom is 0.245 e. The first kappa shape index (κ1) is 21.2. The Kier molecular flexibility index (Phi) is 6.43. The van der Waals surface area contributed by atoms with Gasteiger partial charge in [0.1, 0.15) is 12.4 Å². The molecule has 1 aromatic heterocycles. The van der Waals surface area contributed by atoms with Gasteiger partial charge in [0.15, 0.2) is 0 Å². The minimum absolute atomic E-state index is 0.00182. The lowest BCUT2D eigenvalue weighted by atomic mass is 9.91. The summed E-state index contributed by atoms with van der Waals surface area (Å²) in [5.74, 6) is 0.430. The van der Waals surface area contributed by atoms with Crippen LogP contribution in [0.1, 0.15) is 67.5 Å². The fourth-order valence-electron chi connectivity index (χ4n) is 2.40. The molecular formula is C19H34N4O2. The number of nitrogens with zero attached hydrogens (tertiary/aromatic N) is 3. The van der Waals surface area contributed by atoms with Crippen molar-refractivity contribution in [3.8, 4) is 0 Å². The second kappa shape index (κ2) is 7.58. The fraction of sp³-hybridized carbons (Fsp3) is 0.737. The molecule has 0 fully saturated rings. The lowest BCUT2D eigenvalue weighted by Crippen LogP contribution is -2.43. The predicted octanol–water partition coefficient (Wildman–Crippen LogP) is 3.33. The highest BCUT2D eigenvalue weighted by Gasteiger charge is 2.25. The second-order valence-electron chi connectivity index (χ2n) is 9.19. The van der Waals surface area contributed by atoms with Crippen molar-refractivity contribution in [1.29, 1.82) is 0 Å². The zero-order valence-corrected chi connectivity index (χ0v) is 17.2. The van der Waals surface area contributed by atoms with E-state index >= 15 is 0 Å². The molecule has 0 aliphatic carbocycles. The summed E-state index contributed by atoms with van der Waals surface area (Å²) in [5, 5.41) is 7.33. The fourth-order valence-corrected chi connectivity index (χ4v) is 2.40. The van der Waals surface area contributed by atoms with Crippen LogP contribution in [0.4, 0.5) is 5.82 Å². The van der Waals surface area contributed by atoms with Gasteiger partial charge in [0, 0.05) is 31.0 Å². The van der Waals surface area contributed by atoms with Gasteiger partial charge in [-0.25, -0.2) is 0 Å². The molecule has 0 saturated heterocycles. The SMILES string of the molecule is CC(C)N(CC(=O)Nc1cc(C(C)(C)C)nn1C)C(=O)CC(C)(C)C. The van der Waals surface area contributed by atoms with Gasteiger partial charge in [-0.05, 0) is 19.3 Å². The Hall–Kier alpha value is -1.85. The Balaban J connectivity index is 2.83. The number of aromatic nitrogens is 2. The van der Waals surface area contributed by atoms with Crippen LogP contribution in [0, 0.1) is 5.41 Å². The first-order valence-corrected chi connectivity index (χ1v) is 8.84. The van der Waals surface area contributed by atoms with Crippen molar-refractivity contribution in [3.05, 3.63) is 11.8 Å². The van der Waals surface area contributed by atoms with E-state index in [2.05, 4.69) is 31.2 Å². The molecule has 0 aliphatic heterocycles. The van der Waals surface area contributed by atoms with Crippen LogP contribution >= 0.6 is 0 Å². The summed E-state index contributed by atoms with van der Waals surface area (Å²) in [4.78, 5) is 26.6. The molecule has 2 amide bonds. The Morgan fingerprint density at radius 3 is 2.16 bits per heavy atom. The molecule has 25 heavy (non-hydrogen) atoms. The standard InChI is InChI=1S/C19H34N4O2/c1-13(2)23(17(25)11-18(3,4)5)12-16(24)20-15-10-14(19(6,7)8)21-22(15)9/h10,13H,11-12H2,1-9H3,(H,20,24). The summed E-state index contributed by atoms with van der Waals surface area (Å²) in [6, 6.07) is 1.85. The molecule has 142 valence electrons. The molecule has 1 aromatic rings. The molecule has 0 aromatic carbocycles. The van der Waals surface area contributed by atoms with Crippen molar-refractivity contribution in [3.63, 3.8) is 0 Å². The summed E-state index contributed by atoms with van der Waals surface area (Å²) in [6.45, 7) is 16.2. The van der Waals surface area contributed by atoms with Crippen molar-refractivity contribution in [2.45, 2.75) is 73.3 Å². The highest BCUT2D eigenvalue weighted by Crippen LogP contribution is 2.24. The van der Waals surface area contributed by atoms with Crippen molar-refractivity contribution < 1.29 is 9.59 Å². The van der Waals surface area contributed by atoms with Crippen molar-refractivity contribution in [2.75, 3.05) is 11.9 Å². The zero-order valence-electron chi connectivity index (χ0n) is 17.2. The Morgan fingerprint density at radius 2 is 1.76 bits per heavy atom. The van der Waals surface area contributed by atoms with E-state index in [1.54, 1.807) is 16.6 Å². The highest BCUT2D eigenvalue weighted by atomic mass is 16.2. The number of aryl methyl sites for hydroxylation is 1. The largest absolute Gasteiger partial charge is 0.331 e. The van der Waals surface area contributed by atoms with E-state index < -0.39 is 0 Å². The first-order chi connectivity index (χ1) is 11.2. The summed E-state index contributed by atoms with van der Waals surface area (Å²) in [7, 11) is 1.80. The van der Waals surface area contributed by atoms with Crippen molar-refractivity contribution >= 4 is 17.6 Å². The number of hydrogen-bond acceptors (Lipinski definition) is 3. The topological polar surface area (TPSA) is 67.2 Å². The van der Waals surface area contributed by atoms with Crippen LogP contribution in [0.3, 0.4) is 0 Å². The molecule has 0 bridgehead atoms. The van der Waals surface area contributed by atoms with Crippen LogP contribution in [0.25, 0.3) is 0 Å². The van der Waals surface area contributed by atoms with E-state index in [1.165, 1.54) is 0 Å². The van der Waals surface area contributed by atoms with Gasteiger partial charge in [-0.3, -0.25) is 14.3 Å². The Morgan fingerprint density at radius 1 is 1.20 bits per heavy atom. The molecule has 0 saturated carbocycles. The van der Waals surface area contributed by atoms with Crippen LogP contribution < -0.4 is 5.32 Å². The molecule has 1 N–H and O–H groups in total. The quantitative estimate of drug-likeness (QED) is 0.886. The van der Waals surface area contributed by atoms with E-state index in [-0.39, 0.29) is 35.2 Å². The summed E-state index contributed by atoms with van der Waals surface area (Å²) in [6.07, 6.45) is 0.415. The van der Waals surface area contributed by atoms with Gasteiger partial charge >= 0.3 is 0 Å². The highest BCUT2D eigenvalue weighted by molar-refractivity contribution is 5.94. The number of anilines is 1. The van der Waals surface area contributed by atoms with Gasteiger partial charge < -0.3 is 10.2 Å². The molecule has 0 unspecified atom stereocenters. The van der Waals surface area contributed by atoms with Crippen LogP contribution in [-0.2, 0) is 22.1 Å². The maximum absolute atomic E-state index is 12.5. The van der Waals surface area contributed by atoms with E-state index in [0.717, 1.165) is 5.69 Å². The van der Waals surface area contributed by atoms with Crippen molar-refractivity contribution in [1.82, 2.24) is 14.7 Å². The van der Waals surface area contributed by atoms with Gasteiger partial charge in [0.2, 0.25) is 11.8 Å². The number of carbonyl (C=O) groups excluding carboxylic acids is 2. The minimum Gasteiger partial charge on any atom is -0.331 e. The lowest BCUT2D eigenvalue weighted by molar-refractivity contribution is -0.138. The Labute approximate surface area is 152 Å². The average Bonchev–Trinajstić information content (AvgIpc) is 2.75. The van der Waals surface area contributed by atoms with E-state index in [9.17, 15) is 9.59 Å². The van der Waals surface area contributed by atoms with Gasteiger partial charge in [-0.2, -0.15) is 5.10 Å². The lowest BCUT2D eigenvalue weighted by Gasteiger charge is -2.29. The normalized spacial score (nSPS) is 12.4. The molecular weight excluding hydrogens is 316 g/mol. The average molecular weight is 351 g/mol. The summed E-state index contributed by atoms with van der Waals surface area (Å²) in [5.41, 5.74) is 0.715. The number of rotatable bonds is 5. The van der Waals surface area contributed by atoms with Crippen LogP contribution in [0.5, 0.6) is 0 Å². The van der Waals surface area contributed by atoms with Crippen LogP contribution in [-0.4, -0.2) is 39.1 Å². The van der Waals surface area contributed by atoms with E-state index in [0.29, 0.717) is 12.2 Å². The maximum atomic E-state index is 12.5. The molecule has 1 rings (SSSR count). The van der Waals surface area contributed by atoms with Crippen LogP contribution in [0.2, 0.25) is 0 Å². The minimum atomic E-state index is -0.209. The molecule has 6 nitrogen and oxygen atoms in total. The Bertz CT molecular complexity index is 618. The van der Waals surface area contributed by atoms with Gasteiger partial charge in [0.05, 0.1) is 5.69 Å². The van der Waals surface area contributed by atoms with Gasteiger partial charge in [0.25, 0.3) is 0 Å². The summed E-state index contributed by atoms with van der Waals surface area (Å²) >= 11 is 0. The number of hydrogen-bond donors (Lipinski definition) is 1. The number of carbonyl (C=O) groups is 2.